The van der Waals surface area contributed by atoms with Crippen molar-refractivity contribution in [2.45, 2.75) is 39.2 Å². The Kier molecular flexibility index (Phi) is 6.83. The maximum atomic E-state index is 13.7. The van der Waals surface area contributed by atoms with Crippen LogP contribution < -0.4 is 10.6 Å². The lowest BCUT2D eigenvalue weighted by Crippen LogP contribution is -2.38. The molecule has 2 aromatic rings. The number of amides is 3. The summed E-state index contributed by atoms with van der Waals surface area (Å²) in [6.45, 7) is 5.31. The molecule has 2 aliphatic heterocycles. The van der Waals surface area contributed by atoms with Crippen molar-refractivity contribution in [1.29, 1.82) is 0 Å². The molecule has 1 aromatic carbocycles. The Bertz CT molecular complexity index is 1160. The summed E-state index contributed by atoms with van der Waals surface area (Å²) in [5.41, 5.74) is 3.72. The molecule has 0 aliphatic carbocycles. The number of carbonyl (C=O) groups excluding carboxylic acids is 3. The number of aryl methyl sites for hydroxylation is 1. The van der Waals surface area contributed by atoms with Gasteiger partial charge in [-0.1, -0.05) is 0 Å². The second-order valence-corrected chi connectivity index (χ2v) is 8.73. The number of H-pyrrole nitrogens is 1. The number of hydrogen-bond acceptors (Lipinski definition) is 4. The van der Waals surface area contributed by atoms with E-state index in [1.807, 2.05) is 4.90 Å². The van der Waals surface area contributed by atoms with Gasteiger partial charge >= 0.3 is 0 Å². The standard InChI is InChI=1S/C25H29FN4O4/c1-14-21(12-19-18-10-16(26)6-7-20(18)29-24(19)32)28-15(2)23(14)25(33)27-13-17(34-3)11-22(31)30-8-4-5-9-30/h6-7,10,12,17,28H,4-5,8-9,11,13H2,1-3H3,(H,27,33)(H,29,32)/b19-12-. The predicted molar refractivity (Wildman–Crippen MR) is 127 cm³/mol. The van der Waals surface area contributed by atoms with Gasteiger partial charge in [0.2, 0.25) is 5.91 Å². The molecule has 1 unspecified atom stereocenters. The fourth-order valence-corrected chi connectivity index (χ4v) is 4.53. The normalized spacial score (nSPS) is 17.1. The van der Waals surface area contributed by atoms with E-state index < -0.39 is 11.9 Å². The number of hydrogen-bond donors (Lipinski definition) is 3. The van der Waals surface area contributed by atoms with Crippen LogP contribution in [-0.4, -0.2) is 60.5 Å². The van der Waals surface area contributed by atoms with Gasteiger partial charge in [-0.15, -0.1) is 0 Å². The minimum Gasteiger partial charge on any atom is -0.379 e. The molecule has 3 heterocycles. The number of carbonyl (C=O) groups is 3. The number of halogens is 1. The maximum absolute atomic E-state index is 13.7. The molecule has 4 rings (SSSR count). The van der Waals surface area contributed by atoms with Crippen LogP contribution in [0.1, 0.15) is 52.1 Å². The number of methoxy groups -OCH3 is 1. The highest BCUT2D eigenvalue weighted by Gasteiger charge is 2.27. The third-order valence-corrected chi connectivity index (χ3v) is 6.44. The summed E-state index contributed by atoms with van der Waals surface area (Å²) in [5, 5.41) is 5.58. The number of aromatic nitrogens is 1. The molecule has 2 aliphatic rings. The number of likely N-dealkylation sites (tertiary alicyclic amines) is 1. The van der Waals surface area contributed by atoms with Crippen molar-refractivity contribution in [2.75, 3.05) is 32.1 Å². The lowest BCUT2D eigenvalue weighted by Gasteiger charge is -2.20. The largest absolute Gasteiger partial charge is 0.379 e. The van der Waals surface area contributed by atoms with Gasteiger partial charge in [0, 0.05) is 49.4 Å². The number of nitrogens with one attached hydrogen (secondary N) is 3. The Balaban J connectivity index is 1.47. The number of aromatic amines is 1. The molecule has 1 aromatic heterocycles. The Morgan fingerprint density at radius 2 is 2.00 bits per heavy atom. The molecule has 1 saturated heterocycles. The van der Waals surface area contributed by atoms with Crippen molar-refractivity contribution in [1.82, 2.24) is 15.2 Å². The monoisotopic (exact) mass is 468 g/mol. The summed E-state index contributed by atoms with van der Waals surface area (Å²) >= 11 is 0. The smallest absolute Gasteiger partial charge is 0.256 e. The lowest BCUT2D eigenvalue weighted by molar-refractivity contribution is -0.132. The molecule has 3 N–H and O–H groups in total. The molecule has 0 saturated carbocycles. The van der Waals surface area contributed by atoms with Crippen LogP contribution in [0.3, 0.4) is 0 Å². The molecule has 8 nitrogen and oxygen atoms in total. The van der Waals surface area contributed by atoms with Crippen LogP contribution in [0, 0.1) is 19.7 Å². The van der Waals surface area contributed by atoms with E-state index in [0.717, 1.165) is 25.9 Å². The van der Waals surface area contributed by atoms with Crippen LogP contribution in [0.4, 0.5) is 10.1 Å². The van der Waals surface area contributed by atoms with Crippen LogP contribution in [-0.2, 0) is 14.3 Å². The molecule has 1 fully saturated rings. The molecule has 0 spiro atoms. The van der Waals surface area contributed by atoms with Gasteiger partial charge in [-0.2, -0.15) is 0 Å². The van der Waals surface area contributed by atoms with Gasteiger partial charge in [0.25, 0.3) is 11.8 Å². The Labute approximate surface area is 197 Å². The van der Waals surface area contributed by atoms with Gasteiger partial charge in [-0.3, -0.25) is 14.4 Å². The minimum atomic E-state index is -0.434. The van der Waals surface area contributed by atoms with Gasteiger partial charge in [0.1, 0.15) is 5.82 Å². The molecular formula is C25H29FN4O4. The molecule has 1 atom stereocenters. The second-order valence-electron chi connectivity index (χ2n) is 8.73. The number of ether oxygens (including phenoxy) is 1. The lowest BCUT2D eigenvalue weighted by atomic mass is 10.0. The third kappa shape index (κ3) is 4.75. The SMILES string of the molecule is COC(CNC(=O)c1c(C)[nH]c(/C=C2\C(=O)Nc3ccc(F)cc32)c1C)CC(=O)N1CCCC1. The van der Waals surface area contributed by atoms with Gasteiger partial charge in [-0.05, 0) is 56.5 Å². The third-order valence-electron chi connectivity index (χ3n) is 6.44. The number of nitrogens with zero attached hydrogens (tertiary/aromatic N) is 1. The maximum Gasteiger partial charge on any atom is 0.256 e. The first kappa shape index (κ1) is 23.7. The number of anilines is 1. The van der Waals surface area contributed by atoms with Crippen molar-refractivity contribution in [3.63, 3.8) is 0 Å². The minimum absolute atomic E-state index is 0.0353. The average molecular weight is 469 g/mol. The van der Waals surface area contributed by atoms with E-state index in [4.69, 9.17) is 4.74 Å². The van der Waals surface area contributed by atoms with Crippen LogP contribution in [0.25, 0.3) is 11.6 Å². The van der Waals surface area contributed by atoms with Crippen LogP contribution in [0.5, 0.6) is 0 Å². The topological polar surface area (TPSA) is 104 Å². The van der Waals surface area contributed by atoms with Gasteiger partial charge < -0.3 is 25.3 Å². The number of fused-ring (bicyclic) bond motifs is 1. The molecule has 0 radical (unpaired) electrons. The molecule has 34 heavy (non-hydrogen) atoms. The van der Waals surface area contributed by atoms with Crippen molar-refractivity contribution >= 4 is 35.1 Å². The van der Waals surface area contributed by atoms with Crippen molar-refractivity contribution in [3.8, 4) is 0 Å². The Morgan fingerprint density at radius 3 is 2.71 bits per heavy atom. The first-order valence-electron chi connectivity index (χ1n) is 11.4. The molecular weight excluding hydrogens is 439 g/mol. The van der Waals surface area contributed by atoms with Gasteiger partial charge in [-0.25, -0.2) is 4.39 Å². The predicted octanol–water partition coefficient (Wildman–Crippen LogP) is 3.02. The highest BCUT2D eigenvalue weighted by atomic mass is 19.1. The van der Waals surface area contributed by atoms with Crippen molar-refractivity contribution in [3.05, 3.63) is 52.1 Å². The highest BCUT2D eigenvalue weighted by Crippen LogP contribution is 2.34. The summed E-state index contributed by atoms with van der Waals surface area (Å²) < 4.78 is 19.2. The van der Waals surface area contributed by atoms with E-state index in [0.29, 0.717) is 39.3 Å². The molecule has 9 heteroatoms. The zero-order valence-corrected chi connectivity index (χ0v) is 19.6. The number of benzene rings is 1. The quantitative estimate of drug-likeness (QED) is 0.544. The summed E-state index contributed by atoms with van der Waals surface area (Å²) in [5.74, 6) is -1.03. The van der Waals surface area contributed by atoms with E-state index in [1.165, 1.54) is 25.3 Å². The average Bonchev–Trinajstić information content (AvgIpc) is 3.51. The summed E-state index contributed by atoms with van der Waals surface area (Å²) in [6, 6.07) is 4.13. The first-order chi connectivity index (χ1) is 16.3. The number of rotatable bonds is 7. The van der Waals surface area contributed by atoms with E-state index in [1.54, 1.807) is 19.9 Å². The Morgan fingerprint density at radius 1 is 1.26 bits per heavy atom. The van der Waals surface area contributed by atoms with Crippen molar-refractivity contribution in [2.24, 2.45) is 0 Å². The Hall–Kier alpha value is -3.46. The van der Waals surface area contributed by atoms with E-state index >= 15 is 0 Å². The van der Waals surface area contributed by atoms with Crippen LogP contribution in [0.15, 0.2) is 18.2 Å². The zero-order valence-electron chi connectivity index (χ0n) is 19.6. The van der Waals surface area contributed by atoms with Gasteiger partial charge in [0.15, 0.2) is 0 Å². The van der Waals surface area contributed by atoms with E-state index in [9.17, 15) is 18.8 Å². The fraction of sp³-hybridized carbons (Fsp3) is 0.400. The van der Waals surface area contributed by atoms with Crippen LogP contribution >= 0.6 is 0 Å². The van der Waals surface area contributed by atoms with Crippen LogP contribution in [0.2, 0.25) is 0 Å². The fourth-order valence-electron chi connectivity index (χ4n) is 4.53. The van der Waals surface area contributed by atoms with E-state index in [-0.39, 0.29) is 30.7 Å². The zero-order chi connectivity index (χ0) is 24.4. The molecule has 180 valence electrons. The summed E-state index contributed by atoms with van der Waals surface area (Å²) in [7, 11) is 1.53. The summed E-state index contributed by atoms with van der Waals surface area (Å²) in [4.78, 5) is 42.8. The van der Waals surface area contributed by atoms with Crippen molar-refractivity contribution < 1.29 is 23.5 Å². The van der Waals surface area contributed by atoms with Gasteiger partial charge in [0.05, 0.1) is 23.7 Å². The second kappa shape index (κ2) is 9.80. The molecule has 0 bridgehead atoms. The van der Waals surface area contributed by atoms with E-state index in [2.05, 4.69) is 15.6 Å². The summed E-state index contributed by atoms with van der Waals surface area (Å²) in [6.07, 6.45) is 3.46. The highest BCUT2D eigenvalue weighted by molar-refractivity contribution is 6.34. The first-order valence-corrected chi connectivity index (χ1v) is 11.4. The molecule has 3 amide bonds.